The molecule has 0 radical (unpaired) electrons. The van der Waals surface area contributed by atoms with Crippen LogP contribution in [-0.4, -0.2) is 13.3 Å². The molecule has 1 aromatic carbocycles. The monoisotopic (exact) mass is 217 g/mol. The minimum atomic E-state index is 0.637. The third kappa shape index (κ3) is 3.25. The number of hydrogen-bond donors (Lipinski definition) is 0. The molecule has 70 valence electrons. The highest BCUT2D eigenvalue weighted by atomic mass is 35.5. The fourth-order valence-electron chi connectivity index (χ4n) is 0.897. The zero-order chi connectivity index (χ0) is 9.68. The van der Waals surface area contributed by atoms with Crippen LogP contribution in [0.2, 0.25) is 10.0 Å². The quantitative estimate of drug-likeness (QED) is 0.564. The molecule has 0 saturated carbocycles. The predicted octanol–water partition coefficient (Wildman–Crippen LogP) is 3.17. The van der Waals surface area contributed by atoms with Gasteiger partial charge in [-0.1, -0.05) is 34.4 Å². The second-order valence-electron chi connectivity index (χ2n) is 2.41. The average Bonchev–Trinajstić information content (AvgIpc) is 2.09. The summed E-state index contributed by atoms with van der Waals surface area (Å²) < 4.78 is 0. The summed E-state index contributed by atoms with van der Waals surface area (Å²) >= 11 is 11.7. The highest BCUT2D eigenvalue weighted by Gasteiger charge is 1.98. The van der Waals surface area contributed by atoms with E-state index in [1.807, 2.05) is 6.07 Å². The lowest BCUT2D eigenvalue weighted by Crippen LogP contribution is -1.87. The van der Waals surface area contributed by atoms with E-state index in [0.29, 0.717) is 16.5 Å². The highest BCUT2D eigenvalue weighted by molar-refractivity contribution is 6.35. The molecular weight excluding hydrogens is 209 g/mol. The minimum absolute atomic E-state index is 0.637. The lowest BCUT2D eigenvalue weighted by atomic mass is 10.2. The van der Waals surface area contributed by atoms with Gasteiger partial charge >= 0.3 is 0 Å². The molecule has 0 aliphatic rings. The summed E-state index contributed by atoms with van der Waals surface area (Å²) in [6.45, 7) is 0. The van der Waals surface area contributed by atoms with Crippen LogP contribution >= 0.6 is 23.2 Å². The zero-order valence-electron chi connectivity index (χ0n) is 7.13. The van der Waals surface area contributed by atoms with Gasteiger partial charge < -0.3 is 4.84 Å². The van der Waals surface area contributed by atoms with Crippen LogP contribution in [-0.2, 0) is 11.3 Å². The fraction of sp³-hybridized carbons (Fsp3) is 0.222. The van der Waals surface area contributed by atoms with E-state index in [-0.39, 0.29) is 0 Å². The van der Waals surface area contributed by atoms with Gasteiger partial charge in [-0.3, -0.25) is 0 Å². The van der Waals surface area contributed by atoms with Crippen molar-refractivity contribution in [3.63, 3.8) is 0 Å². The normalized spacial score (nSPS) is 10.7. The molecule has 4 heteroatoms. The van der Waals surface area contributed by atoms with Crippen LogP contribution in [0.3, 0.4) is 0 Å². The molecule has 0 unspecified atom stereocenters. The lowest BCUT2D eigenvalue weighted by Gasteiger charge is -1.99. The second-order valence-corrected chi connectivity index (χ2v) is 3.25. The van der Waals surface area contributed by atoms with Gasteiger partial charge in [0.25, 0.3) is 0 Å². The van der Waals surface area contributed by atoms with Crippen LogP contribution < -0.4 is 0 Å². The first-order chi connectivity index (χ1) is 6.24. The van der Waals surface area contributed by atoms with Gasteiger partial charge in [-0.25, -0.2) is 0 Å². The Bertz CT molecular complexity index is 312. The second kappa shape index (κ2) is 5.10. The van der Waals surface area contributed by atoms with Crippen molar-refractivity contribution in [2.75, 3.05) is 7.11 Å². The number of rotatable bonds is 3. The number of benzene rings is 1. The average molecular weight is 218 g/mol. The van der Waals surface area contributed by atoms with E-state index in [1.54, 1.807) is 18.3 Å². The van der Waals surface area contributed by atoms with E-state index < -0.39 is 0 Å². The minimum Gasteiger partial charge on any atom is -0.399 e. The number of nitrogens with zero attached hydrogens (tertiary/aromatic N) is 1. The number of hydrogen-bond acceptors (Lipinski definition) is 2. The summed E-state index contributed by atoms with van der Waals surface area (Å²) in [6.07, 6.45) is 2.29. The predicted molar refractivity (Wildman–Crippen MR) is 55.7 cm³/mol. The summed E-state index contributed by atoms with van der Waals surface area (Å²) in [7, 11) is 1.50. The van der Waals surface area contributed by atoms with Gasteiger partial charge in [0.2, 0.25) is 0 Å². The molecular formula is C9H9Cl2NO. The van der Waals surface area contributed by atoms with Gasteiger partial charge in [0.15, 0.2) is 0 Å². The molecule has 0 spiro atoms. The number of oxime groups is 1. The Morgan fingerprint density at radius 3 is 2.85 bits per heavy atom. The molecule has 0 amide bonds. The summed E-state index contributed by atoms with van der Waals surface area (Å²) in [5.41, 5.74) is 0.979. The van der Waals surface area contributed by atoms with Gasteiger partial charge in [-0.05, 0) is 17.7 Å². The van der Waals surface area contributed by atoms with Crippen molar-refractivity contribution in [1.82, 2.24) is 0 Å². The van der Waals surface area contributed by atoms with E-state index >= 15 is 0 Å². The molecule has 1 aromatic rings. The van der Waals surface area contributed by atoms with Crippen molar-refractivity contribution in [2.45, 2.75) is 6.42 Å². The SMILES string of the molecule is CON=CCc1ccc(Cl)cc1Cl. The van der Waals surface area contributed by atoms with Gasteiger partial charge in [0, 0.05) is 22.7 Å². The molecule has 0 fully saturated rings. The van der Waals surface area contributed by atoms with Crippen LogP contribution in [0.1, 0.15) is 5.56 Å². The van der Waals surface area contributed by atoms with Crippen molar-refractivity contribution in [1.29, 1.82) is 0 Å². The fourth-order valence-corrected chi connectivity index (χ4v) is 1.38. The van der Waals surface area contributed by atoms with Gasteiger partial charge in [0.05, 0.1) is 0 Å². The summed E-state index contributed by atoms with van der Waals surface area (Å²) in [4.78, 5) is 4.53. The first-order valence-electron chi connectivity index (χ1n) is 3.73. The topological polar surface area (TPSA) is 21.6 Å². The standard InChI is InChI=1S/C9H9Cl2NO/c1-13-12-5-4-7-2-3-8(10)6-9(7)11/h2-3,5-6H,4H2,1H3. The Hall–Kier alpha value is -0.730. The molecule has 0 saturated heterocycles. The molecule has 0 bridgehead atoms. The zero-order valence-corrected chi connectivity index (χ0v) is 8.64. The molecule has 0 aromatic heterocycles. The maximum atomic E-state index is 5.92. The third-order valence-electron chi connectivity index (χ3n) is 1.51. The molecule has 0 aliphatic carbocycles. The maximum absolute atomic E-state index is 5.92. The lowest BCUT2D eigenvalue weighted by molar-refractivity contribution is 0.215. The molecule has 0 aliphatic heterocycles. The van der Waals surface area contributed by atoms with Gasteiger partial charge in [0.1, 0.15) is 7.11 Å². The molecule has 0 heterocycles. The molecule has 13 heavy (non-hydrogen) atoms. The smallest absolute Gasteiger partial charge is 0.106 e. The summed E-state index contributed by atoms with van der Waals surface area (Å²) in [5, 5.41) is 4.90. The van der Waals surface area contributed by atoms with Crippen LogP contribution in [0.4, 0.5) is 0 Å². The Kier molecular flexibility index (Phi) is 4.06. The van der Waals surface area contributed by atoms with Crippen LogP contribution in [0.15, 0.2) is 23.4 Å². The number of halogens is 2. The molecule has 0 atom stereocenters. The largest absolute Gasteiger partial charge is 0.399 e. The van der Waals surface area contributed by atoms with E-state index in [2.05, 4.69) is 9.99 Å². The van der Waals surface area contributed by atoms with Crippen molar-refractivity contribution >= 4 is 29.4 Å². The highest BCUT2D eigenvalue weighted by Crippen LogP contribution is 2.20. The van der Waals surface area contributed by atoms with Gasteiger partial charge in [-0.15, -0.1) is 0 Å². The van der Waals surface area contributed by atoms with Crippen molar-refractivity contribution in [3.8, 4) is 0 Å². The van der Waals surface area contributed by atoms with Crippen LogP contribution in [0.5, 0.6) is 0 Å². The first-order valence-corrected chi connectivity index (χ1v) is 4.48. The maximum Gasteiger partial charge on any atom is 0.106 e. The van der Waals surface area contributed by atoms with E-state index in [9.17, 15) is 0 Å². The first kappa shape index (κ1) is 10.4. The Morgan fingerprint density at radius 1 is 1.46 bits per heavy atom. The van der Waals surface area contributed by atoms with E-state index in [0.717, 1.165) is 5.56 Å². The van der Waals surface area contributed by atoms with Crippen molar-refractivity contribution in [2.24, 2.45) is 5.16 Å². The van der Waals surface area contributed by atoms with Crippen LogP contribution in [0.25, 0.3) is 0 Å². The molecule has 2 nitrogen and oxygen atoms in total. The van der Waals surface area contributed by atoms with Gasteiger partial charge in [-0.2, -0.15) is 0 Å². The molecule has 1 rings (SSSR count). The van der Waals surface area contributed by atoms with E-state index in [4.69, 9.17) is 23.2 Å². The summed E-state index contributed by atoms with van der Waals surface area (Å²) in [6, 6.07) is 5.37. The Labute approximate surface area is 87.1 Å². The Balaban J connectivity index is 2.72. The Morgan fingerprint density at radius 2 is 2.23 bits per heavy atom. The summed E-state index contributed by atoms with van der Waals surface area (Å²) in [5.74, 6) is 0. The molecule has 0 N–H and O–H groups in total. The van der Waals surface area contributed by atoms with Crippen molar-refractivity contribution in [3.05, 3.63) is 33.8 Å². The van der Waals surface area contributed by atoms with Crippen molar-refractivity contribution < 1.29 is 4.84 Å². The van der Waals surface area contributed by atoms with Crippen LogP contribution in [0, 0.1) is 0 Å². The van der Waals surface area contributed by atoms with E-state index in [1.165, 1.54) is 7.11 Å². The third-order valence-corrected chi connectivity index (χ3v) is 2.09.